The Morgan fingerprint density at radius 3 is 3.14 bits per heavy atom. The Balaban J connectivity index is 1.49. The molecule has 5 heteroatoms. The van der Waals surface area contributed by atoms with E-state index < -0.39 is 0 Å². The maximum Gasteiger partial charge on any atom is 0.236 e. The zero-order valence-corrected chi connectivity index (χ0v) is 13.8. The average Bonchev–Trinajstić information content (AvgIpc) is 2.93. The first-order chi connectivity index (χ1) is 10.1. The van der Waals surface area contributed by atoms with Crippen LogP contribution >= 0.6 is 11.3 Å². The Bertz CT molecular complexity index is 501. The number of amides is 1. The minimum absolute atomic E-state index is 0.248. The Morgan fingerprint density at radius 2 is 2.33 bits per heavy atom. The van der Waals surface area contributed by atoms with Crippen molar-refractivity contribution in [3.63, 3.8) is 0 Å². The Hall–Kier alpha value is -0.910. The summed E-state index contributed by atoms with van der Waals surface area (Å²) in [7, 11) is 2.17. The normalized spacial score (nSPS) is 26.7. The third-order valence-electron chi connectivity index (χ3n) is 4.78. The van der Waals surface area contributed by atoms with Gasteiger partial charge in [-0.1, -0.05) is 6.92 Å². The van der Waals surface area contributed by atoms with E-state index in [1.54, 1.807) is 0 Å². The van der Waals surface area contributed by atoms with Gasteiger partial charge in [0.1, 0.15) is 0 Å². The molecule has 0 bridgehead atoms. The number of rotatable bonds is 3. The molecule has 2 unspecified atom stereocenters. The van der Waals surface area contributed by atoms with Crippen LogP contribution < -0.4 is 5.32 Å². The molecule has 1 saturated heterocycles. The summed E-state index contributed by atoms with van der Waals surface area (Å²) in [4.78, 5) is 18.2. The topological polar surface area (TPSA) is 35.6 Å². The van der Waals surface area contributed by atoms with Crippen LogP contribution in [0.4, 0.5) is 0 Å². The third-order valence-corrected chi connectivity index (χ3v) is 5.81. The number of hydrogen-bond acceptors (Lipinski definition) is 4. The summed E-state index contributed by atoms with van der Waals surface area (Å²) in [5.41, 5.74) is 1.34. The predicted molar refractivity (Wildman–Crippen MR) is 86.5 cm³/mol. The zero-order valence-electron chi connectivity index (χ0n) is 13.0. The van der Waals surface area contributed by atoms with Gasteiger partial charge in [0.25, 0.3) is 0 Å². The minimum atomic E-state index is 0.248. The second-order valence-corrected chi connectivity index (χ2v) is 7.45. The van der Waals surface area contributed by atoms with Crippen LogP contribution in [0.5, 0.6) is 0 Å². The second kappa shape index (κ2) is 6.46. The monoisotopic (exact) mass is 307 g/mol. The van der Waals surface area contributed by atoms with Crippen molar-refractivity contribution in [3.8, 4) is 0 Å². The maximum absolute atomic E-state index is 12.4. The van der Waals surface area contributed by atoms with Gasteiger partial charge in [-0.3, -0.25) is 4.79 Å². The highest BCUT2D eigenvalue weighted by molar-refractivity contribution is 7.10. The first-order valence-corrected chi connectivity index (χ1v) is 8.76. The van der Waals surface area contributed by atoms with Crippen molar-refractivity contribution in [1.29, 1.82) is 0 Å². The van der Waals surface area contributed by atoms with E-state index >= 15 is 0 Å². The number of fused-ring (bicyclic) bond motifs is 1. The smallest absolute Gasteiger partial charge is 0.236 e. The minimum Gasteiger partial charge on any atom is -0.337 e. The summed E-state index contributed by atoms with van der Waals surface area (Å²) in [6.45, 7) is 6.67. The van der Waals surface area contributed by atoms with Crippen LogP contribution in [0, 0.1) is 5.92 Å². The van der Waals surface area contributed by atoms with Gasteiger partial charge in [0.05, 0.1) is 6.54 Å². The number of carbonyl (C=O) groups excluding carboxylic acids is 1. The molecule has 1 fully saturated rings. The average molecular weight is 307 g/mol. The van der Waals surface area contributed by atoms with Crippen LogP contribution in [0.2, 0.25) is 0 Å². The molecule has 0 saturated carbocycles. The van der Waals surface area contributed by atoms with E-state index in [2.05, 4.69) is 35.6 Å². The van der Waals surface area contributed by atoms with Gasteiger partial charge in [0.15, 0.2) is 0 Å². The number of piperidine rings is 1. The van der Waals surface area contributed by atoms with Crippen molar-refractivity contribution < 1.29 is 4.79 Å². The molecular weight excluding hydrogens is 282 g/mol. The van der Waals surface area contributed by atoms with E-state index in [4.69, 9.17) is 0 Å². The lowest BCUT2D eigenvalue weighted by Gasteiger charge is -2.36. The molecule has 2 aliphatic heterocycles. The molecule has 3 rings (SSSR count). The summed E-state index contributed by atoms with van der Waals surface area (Å²) in [6.07, 6.45) is 2.16. The summed E-state index contributed by atoms with van der Waals surface area (Å²) < 4.78 is 0. The van der Waals surface area contributed by atoms with E-state index in [0.29, 0.717) is 18.5 Å². The standard InChI is InChI=1S/C16H25N3OS/c1-12-10-18(2)6-3-14(12)17-9-16(20)19-7-4-15-13(11-19)5-8-21-15/h5,8,12,14,17H,3-4,6-7,9-11H2,1-2H3. The molecule has 4 nitrogen and oxygen atoms in total. The van der Waals surface area contributed by atoms with Gasteiger partial charge in [-0.25, -0.2) is 0 Å². The fourth-order valence-electron chi connectivity index (χ4n) is 3.45. The van der Waals surface area contributed by atoms with E-state index in [1.165, 1.54) is 10.4 Å². The van der Waals surface area contributed by atoms with Crippen molar-refractivity contribution in [2.45, 2.75) is 32.4 Å². The molecule has 0 aliphatic carbocycles. The van der Waals surface area contributed by atoms with Gasteiger partial charge < -0.3 is 15.1 Å². The van der Waals surface area contributed by atoms with Crippen molar-refractivity contribution in [1.82, 2.24) is 15.1 Å². The van der Waals surface area contributed by atoms with Gasteiger partial charge in [0, 0.05) is 30.6 Å². The highest BCUT2D eigenvalue weighted by atomic mass is 32.1. The summed E-state index contributed by atoms with van der Waals surface area (Å²) >= 11 is 1.82. The highest BCUT2D eigenvalue weighted by Crippen LogP contribution is 2.24. The van der Waals surface area contributed by atoms with Crippen LogP contribution in [-0.2, 0) is 17.8 Å². The molecule has 0 radical (unpaired) electrons. The largest absolute Gasteiger partial charge is 0.337 e. The Labute approximate surface area is 131 Å². The van der Waals surface area contributed by atoms with Crippen molar-refractivity contribution in [2.75, 3.05) is 33.2 Å². The quantitative estimate of drug-likeness (QED) is 0.920. The van der Waals surface area contributed by atoms with E-state index in [0.717, 1.165) is 39.0 Å². The molecule has 2 atom stereocenters. The van der Waals surface area contributed by atoms with Gasteiger partial charge in [-0.2, -0.15) is 0 Å². The van der Waals surface area contributed by atoms with Gasteiger partial charge in [0.2, 0.25) is 5.91 Å². The Morgan fingerprint density at radius 1 is 1.48 bits per heavy atom. The molecule has 21 heavy (non-hydrogen) atoms. The fraction of sp³-hybridized carbons (Fsp3) is 0.688. The first kappa shape index (κ1) is 15.0. The number of nitrogens with one attached hydrogen (secondary N) is 1. The van der Waals surface area contributed by atoms with Crippen LogP contribution in [0.3, 0.4) is 0 Å². The summed E-state index contributed by atoms with van der Waals surface area (Å²) in [5.74, 6) is 0.861. The predicted octanol–water partition coefficient (Wildman–Crippen LogP) is 1.56. The van der Waals surface area contributed by atoms with E-state index in [9.17, 15) is 4.79 Å². The number of hydrogen-bond donors (Lipinski definition) is 1. The zero-order chi connectivity index (χ0) is 14.8. The third kappa shape index (κ3) is 3.47. The van der Waals surface area contributed by atoms with Crippen LogP contribution in [0.15, 0.2) is 11.4 Å². The lowest BCUT2D eigenvalue weighted by atomic mass is 9.94. The Kier molecular flexibility index (Phi) is 4.62. The molecule has 1 N–H and O–H groups in total. The SMILES string of the molecule is CC1CN(C)CCC1NCC(=O)N1CCc2sccc2C1. The van der Waals surface area contributed by atoms with Crippen LogP contribution in [0.1, 0.15) is 23.8 Å². The van der Waals surface area contributed by atoms with Gasteiger partial charge >= 0.3 is 0 Å². The molecule has 1 aromatic rings. The fourth-order valence-corrected chi connectivity index (χ4v) is 4.34. The first-order valence-electron chi connectivity index (χ1n) is 7.88. The molecule has 116 valence electrons. The summed E-state index contributed by atoms with van der Waals surface area (Å²) in [5, 5.41) is 5.63. The lowest BCUT2D eigenvalue weighted by molar-refractivity contribution is -0.131. The second-order valence-electron chi connectivity index (χ2n) is 6.45. The molecule has 0 aromatic carbocycles. The van der Waals surface area contributed by atoms with Gasteiger partial charge in [-0.15, -0.1) is 11.3 Å². The van der Waals surface area contributed by atoms with Crippen LogP contribution in [0.25, 0.3) is 0 Å². The molecule has 1 amide bonds. The number of nitrogens with zero attached hydrogens (tertiary/aromatic N) is 2. The van der Waals surface area contributed by atoms with Crippen molar-refractivity contribution in [2.24, 2.45) is 5.92 Å². The molecule has 3 heterocycles. The number of thiophene rings is 1. The molecule has 0 spiro atoms. The molecule has 1 aromatic heterocycles. The highest BCUT2D eigenvalue weighted by Gasteiger charge is 2.26. The number of carbonyl (C=O) groups is 1. The van der Waals surface area contributed by atoms with Crippen molar-refractivity contribution >= 4 is 17.2 Å². The molecule has 2 aliphatic rings. The summed E-state index contributed by atoms with van der Waals surface area (Å²) in [6, 6.07) is 2.64. The van der Waals surface area contributed by atoms with E-state index in [1.807, 2.05) is 16.2 Å². The van der Waals surface area contributed by atoms with Crippen molar-refractivity contribution in [3.05, 3.63) is 21.9 Å². The van der Waals surface area contributed by atoms with Crippen LogP contribution in [-0.4, -0.2) is 55.0 Å². The van der Waals surface area contributed by atoms with E-state index in [-0.39, 0.29) is 5.91 Å². The molecular formula is C16H25N3OS. The number of likely N-dealkylation sites (tertiary alicyclic amines) is 1. The maximum atomic E-state index is 12.4. The van der Waals surface area contributed by atoms with Gasteiger partial charge in [-0.05, 0) is 49.4 Å². The lowest BCUT2D eigenvalue weighted by Crippen LogP contribution is -2.50.